The molecule has 2 aromatic heterocycles. The molecule has 0 aromatic carbocycles. The van der Waals surface area contributed by atoms with Crippen LogP contribution in [0.4, 0.5) is 10.2 Å². The quantitative estimate of drug-likeness (QED) is 0.808. The lowest BCUT2D eigenvalue weighted by Gasteiger charge is -2.03. The lowest BCUT2D eigenvalue weighted by atomic mass is 10.2. The van der Waals surface area contributed by atoms with Gasteiger partial charge in [-0.3, -0.25) is 14.9 Å². The predicted octanol–water partition coefficient (Wildman–Crippen LogP) is 1.07. The van der Waals surface area contributed by atoms with Crippen LogP contribution in [0.3, 0.4) is 0 Å². The molecule has 0 unspecified atom stereocenters. The Bertz CT molecular complexity index is 601. The van der Waals surface area contributed by atoms with E-state index in [1.165, 1.54) is 18.5 Å². The molecule has 0 bridgehead atoms. The number of hydrogen-bond donors (Lipinski definition) is 2. The van der Waals surface area contributed by atoms with E-state index in [0.29, 0.717) is 0 Å². The first-order valence-electron chi connectivity index (χ1n) is 4.56. The molecule has 2 heterocycles. The van der Waals surface area contributed by atoms with Crippen LogP contribution in [0.5, 0.6) is 0 Å². The van der Waals surface area contributed by atoms with E-state index in [9.17, 15) is 9.18 Å². The molecule has 7 heteroatoms. The van der Waals surface area contributed by atoms with E-state index in [2.05, 4.69) is 20.5 Å². The van der Waals surface area contributed by atoms with Gasteiger partial charge in [0.25, 0.3) is 5.91 Å². The van der Waals surface area contributed by atoms with Crippen LogP contribution >= 0.6 is 0 Å². The first-order chi connectivity index (χ1) is 8.22. The highest BCUT2D eigenvalue weighted by molar-refractivity contribution is 6.04. The lowest BCUT2D eigenvalue weighted by Crippen LogP contribution is -2.14. The number of rotatable bonds is 2. The predicted molar refractivity (Wildman–Crippen MR) is 55.5 cm³/mol. The largest absolute Gasteiger partial charge is 0.306 e. The zero-order valence-electron chi connectivity index (χ0n) is 8.44. The molecule has 2 rings (SSSR count). The SMILES string of the molecule is N#Cc1cn[nH]c1NC(=O)c1ccncc1F. The molecule has 2 N–H and O–H groups in total. The van der Waals surface area contributed by atoms with Crippen LogP contribution in [0.15, 0.2) is 24.7 Å². The summed E-state index contributed by atoms with van der Waals surface area (Å²) in [5, 5.41) is 17.1. The molecule has 0 spiro atoms. The van der Waals surface area contributed by atoms with Crippen molar-refractivity contribution in [2.24, 2.45) is 0 Å². The summed E-state index contributed by atoms with van der Waals surface area (Å²) in [6.07, 6.45) is 3.50. The summed E-state index contributed by atoms with van der Waals surface area (Å²) in [5.74, 6) is -1.28. The van der Waals surface area contributed by atoms with Gasteiger partial charge in [0.1, 0.15) is 17.5 Å². The number of aromatic nitrogens is 3. The Balaban J connectivity index is 2.24. The van der Waals surface area contributed by atoms with Crippen molar-refractivity contribution in [3.05, 3.63) is 41.6 Å². The summed E-state index contributed by atoms with van der Waals surface area (Å²) in [4.78, 5) is 15.2. The minimum atomic E-state index is -0.733. The van der Waals surface area contributed by atoms with Gasteiger partial charge < -0.3 is 5.32 Å². The highest BCUT2D eigenvalue weighted by Gasteiger charge is 2.14. The first-order valence-corrected chi connectivity index (χ1v) is 4.56. The number of carbonyl (C=O) groups excluding carboxylic acids is 1. The molecule has 6 nitrogen and oxygen atoms in total. The number of halogens is 1. The molecule has 2 aromatic rings. The van der Waals surface area contributed by atoms with Crippen LogP contribution in [0, 0.1) is 17.1 Å². The molecule has 1 amide bonds. The van der Waals surface area contributed by atoms with E-state index in [1.807, 2.05) is 6.07 Å². The second-order valence-electron chi connectivity index (χ2n) is 3.08. The molecule has 0 saturated carbocycles. The second-order valence-corrected chi connectivity index (χ2v) is 3.08. The first kappa shape index (κ1) is 10.8. The summed E-state index contributed by atoms with van der Waals surface area (Å²) in [6.45, 7) is 0. The standard InChI is InChI=1S/C10H6FN5O/c11-8-5-13-2-1-7(8)10(17)15-9-6(3-12)4-14-16-9/h1-2,4-5H,(H2,14,15,16,17). The van der Waals surface area contributed by atoms with Gasteiger partial charge in [-0.2, -0.15) is 10.4 Å². The van der Waals surface area contributed by atoms with Gasteiger partial charge in [0, 0.05) is 6.20 Å². The maximum atomic E-state index is 13.2. The minimum Gasteiger partial charge on any atom is -0.306 e. The number of anilines is 1. The average Bonchev–Trinajstić information content (AvgIpc) is 2.76. The third-order valence-electron chi connectivity index (χ3n) is 2.02. The molecule has 0 aliphatic rings. The normalized spacial score (nSPS) is 9.65. The fraction of sp³-hybridized carbons (Fsp3) is 0. The highest BCUT2D eigenvalue weighted by atomic mass is 19.1. The van der Waals surface area contributed by atoms with Gasteiger partial charge in [-0.15, -0.1) is 0 Å². The van der Waals surface area contributed by atoms with Crippen LogP contribution in [0.25, 0.3) is 0 Å². The van der Waals surface area contributed by atoms with Crippen molar-refractivity contribution in [1.29, 1.82) is 5.26 Å². The van der Waals surface area contributed by atoms with Crippen molar-refractivity contribution >= 4 is 11.7 Å². The Labute approximate surface area is 95.1 Å². The molecule has 0 aliphatic carbocycles. The van der Waals surface area contributed by atoms with Crippen LogP contribution in [-0.2, 0) is 0 Å². The summed E-state index contributed by atoms with van der Waals surface area (Å²) in [6, 6.07) is 3.08. The Hall–Kier alpha value is -2.75. The zero-order chi connectivity index (χ0) is 12.3. The molecule has 0 radical (unpaired) electrons. The number of nitrogens with one attached hydrogen (secondary N) is 2. The summed E-state index contributed by atoms with van der Waals surface area (Å²) < 4.78 is 13.2. The number of aromatic amines is 1. The number of hydrogen-bond acceptors (Lipinski definition) is 4. The lowest BCUT2D eigenvalue weighted by molar-refractivity contribution is 0.102. The van der Waals surface area contributed by atoms with Crippen molar-refractivity contribution < 1.29 is 9.18 Å². The van der Waals surface area contributed by atoms with Crippen molar-refractivity contribution in [3.8, 4) is 6.07 Å². The van der Waals surface area contributed by atoms with Crippen LogP contribution in [0.2, 0.25) is 0 Å². The fourth-order valence-electron chi connectivity index (χ4n) is 1.21. The monoisotopic (exact) mass is 231 g/mol. The van der Waals surface area contributed by atoms with Gasteiger partial charge in [0.05, 0.1) is 18.0 Å². The van der Waals surface area contributed by atoms with Gasteiger partial charge in [0.15, 0.2) is 5.82 Å². The highest BCUT2D eigenvalue weighted by Crippen LogP contribution is 2.12. The van der Waals surface area contributed by atoms with E-state index in [1.54, 1.807) is 0 Å². The van der Waals surface area contributed by atoms with E-state index in [4.69, 9.17) is 5.26 Å². The number of H-pyrrole nitrogens is 1. The summed E-state index contributed by atoms with van der Waals surface area (Å²) >= 11 is 0. The van der Waals surface area contributed by atoms with E-state index in [0.717, 1.165) is 6.20 Å². The van der Waals surface area contributed by atoms with Crippen LogP contribution in [0.1, 0.15) is 15.9 Å². The van der Waals surface area contributed by atoms with E-state index < -0.39 is 11.7 Å². The van der Waals surface area contributed by atoms with Crippen molar-refractivity contribution in [1.82, 2.24) is 15.2 Å². The second kappa shape index (κ2) is 4.40. The molecular weight excluding hydrogens is 225 g/mol. The zero-order valence-corrected chi connectivity index (χ0v) is 8.44. The van der Waals surface area contributed by atoms with Crippen LogP contribution < -0.4 is 5.32 Å². The summed E-state index contributed by atoms with van der Waals surface area (Å²) in [7, 11) is 0. The van der Waals surface area contributed by atoms with Crippen molar-refractivity contribution in [2.45, 2.75) is 0 Å². The number of pyridine rings is 1. The number of amides is 1. The molecule has 17 heavy (non-hydrogen) atoms. The third kappa shape index (κ3) is 2.10. The summed E-state index contributed by atoms with van der Waals surface area (Å²) in [5.41, 5.74) is 0.0197. The molecule has 0 aliphatic heterocycles. The Kier molecular flexibility index (Phi) is 2.79. The van der Waals surface area contributed by atoms with Gasteiger partial charge in [-0.25, -0.2) is 4.39 Å². The molecular formula is C10H6FN5O. The van der Waals surface area contributed by atoms with Crippen molar-refractivity contribution in [3.63, 3.8) is 0 Å². The van der Waals surface area contributed by atoms with Gasteiger partial charge in [-0.1, -0.05) is 0 Å². The number of carbonyl (C=O) groups is 1. The molecule has 0 fully saturated rings. The fourth-order valence-corrected chi connectivity index (χ4v) is 1.21. The third-order valence-corrected chi connectivity index (χ3v) is 2.02. The molecule has 0 atom stereocenters. The number of nitrogens with zero attached hydrogens (tertiary/aromatic N) is 3. The Morgan fingerprint density at radius 3 is 3.06 bits per heavy atom. The topological polar surface area (TPSA) is 94.5 Å². The maximum absolute atomic E-state index is 13.2. The van der Waals surface area contributed by atoms with E-state index >= 15 is 0 Å². The van der Waals surface area contributed by atoms with Gasteiger partial charge in [-0.05, 0) is 6.07 Å². The smallest absolute Gasteiger partial charge is 0.259 e. The Morgan fingerprint density at radius 1 is 1.53 bits per heavy atom. The van der Waals surface area contributed by atoms with Gasteiger partial charge in [0.2, 0.25) is 0 Å². The number of nitriles is 1. The minimum absolute atomic E-state index is 0.133. The van der Waals surface area contributed by atoms with Crippen molar-refractivity contribution in [2.75, 3.05) is 5.32 Å². The maximum Gasteiger partial charge on any atom is 0.259 e. The Morgan fingerprint density at radius 2 is 2.35 bits per heavy atom. The van der Waals surface area contributed by atoms with E-state index in [-0.39, 0.29) is 16.9 Å². The molecule has 0 saturated heterocycles. The van der Waals surface area contributed by atoms with Gasteiger partial charge >= 0.3 is 0 Å². The molecule has 84 valence electrons. The van der Waals surface area contributed by atoms with Crippen LogP contribution in [-0.4, -0.2) is 21.1 Å². The average molecular weight is 231 g/mol.